The summed E-state index contributed by atoms with van der Waals surface area (Å²) in [5, 5.41) is 6.16. The van der Waals surface area contributed by atoms with E-state index in [2.05, 4.69) is 10.5 Å². The fourth-order valence-corrected chi connectivity index (χ4v) is 2.94. The highest BCUT2D eigenvalue weighted by Crippen LogP contribution is 2.37. The predicted octanol–water partition coefficient (Wildman–Crippen LogP) is 3.78. The molecule has 0 fully saturated rings. The van der Waals surface area contributed by atoms with Gasteiger partial charge in [0.15, 0.2) is 17.6 Å². The Bertz CT molecular complexity index is 1040. The average molecular weight is 408 g/mol. The topological polar surface area (TPSA) is 78.4 Å². The SMILES string of the molecule is COc1cc(C=NNC(=O)C(C)Oc2ccc3ccccc3c2)cc(OC)c1OC. The number of hydrogen-bond donors (Lipinski definition) is 1. The summed E-state index contributed by atoms with van der Waals surface area (Å²) in [6.45, 7) is 1.67. The molecule has 1 atom stereocenters. The lowest BCUT2D eigenvalue weighted by atomic mass is 10.1. The van der Waals surface area contributed by atoms with E-state index < -0.39 is 6.10 Å². The summed E-state index contributed by atoms with van der Waals surface area (Å²) >= 11 is 0. The van der Waals surface area contributed by atoms with E-state index in [9.17, 15) is 4.79 Å². The monoisotopic (exact) mass is 408 g/mol. The van der Waals surface area contributed by atoms with Crippen molar-refractivity contribution in [3.05, 3.63) is 60.2 Å². The normalized spacial score (nSPS) is 11.9. The van der Waals surface area contributed by atoms with E-state index in [1.54, 1.807) is 19.1 Å². The van der Waals surface area contributed by atoms with Crippen LogP contribution in [0.25, 0.3) is 10.8 Å². The molecule has 0 heterocycles. The predicted molar refractivity (Wildman–Crippen MR) is 116 cm³/mol. The van der Waals surface area contributed by atoms with E-state index in [0.29, 0.717) is 28.6 Å². The van der Waals surface area contributed by atoms with E-state index >= 15 is 0 Å². The lowest BCUT2D eigenvalue weighted by Gasteiger charge is -2.14. The number of fused-ring (bicyclic) bond motifs is 1. The first-order valence-electron chi connectivity index (χ1n) is 9.34. The summed E-state index contributed by atoms with van der Waals surface area (Å²) in [6.07, 6.45) is 0.772. The third-order valence-corrected chi connectivity index (χ3v) is 4.48. The van der Waals surface area contributed by atoms with Crippen molar-refractivity contribution >= 4 is 22.9 Å². The van der Waals surface area contributed by atoms with Crippen LogP contribution in [0.1, 0.15) is 12.5 Å². The Labute approximate surface area is 175 Å². The summed E-state index contributed by atoms with van der Waals surface area (Å²) in [7, 11) is 4.60. The number of benzene rings is 3. The molecule has 0 bridgehead atoms. The van der Waals surface area contributed by atoms with Gasteiger partial charge in [0.25, 0.3) is 5.91 Å². The number of rotatable bonds is 8. The first-order chi connectivity index (χ1) is 14.5. The minimum absolute atomic E-state index is 0.369. The van der Waals surface area contributed by atoms with Gasteiger partial charge in [-0.05, 0) is 42.0 Å². The molecule has 1 amide bonds. The molecule has 7 nitrogen and oxygen atoms in total. The number of nitrogens with one attached hydrogen (secondary N) is 1. The Morgan fingerprint density at radius 3 is 2.23 bits per heavy atom. The van der Waals surface area contributed by atoms with Gasteiger partial charge in [0.05, 0.1) is 27.5 Å². The van der Waals surface area contributed by atoms with Crippen LogP contribution in [0.2, 0.25) is 0 Å². The molecule has 7 heteroatoms. The van der Waals surface area contributed by atoms with Crippen LogP contribution in [-0.4, -0.2) is 39.6 Å². The fraction of sp³-hybridized carbons (Fsp3) is 0.217. The third-order valence-electron chi connectivity index (χ3n) is 4.48. The highest BCUT2D eigenvalue weighted by atomic mass is 16.5. The van der Waals surface area contributed by atoms with Crippen molar-refractivity contribution in [2.24, 2.45) is 5.10 Å². The number of methoxy groups -OCH3 is 3. The van der Waals surface area contributed by atoms with Crippen molar-refractivity contribution in [1.82, 2.24) is 5.43 Å². The van der Waals surface area contributed by atoms with Crippen LogP contribution in [0.4, 0.5) is 0 Å². The molecule has 0 aliphatic rings. The lowest BCUT2D eigenvalue weighted by molar-refractivity contribution is -0.127. The number of carbonyl (C=O) groups is 1. The van der Waals surface area contributed by atoms with Crippen molar-refractivity contribution in [3.8, 4) is 23.0 Å². The number of ether oxygens (including phenoxy) is 4. The highest BCUT2D eigenvalue weighted by Gasteiger charge is 2.15. The second-order valence-corrected chi connectivity index (χ2v) is 6.46. The molecule has 156 valence electrons. The van der Waals surface area contributed by atoms with Gasteiger partial charge in [0.2, 0.25) is 5.75 Å². The summed E-state index contributed by atoms with van der Waals surface area (Å²) in [5.74, 6) is 1.73. The van der Waals surface area contributed by atoms with Gasteiger partial charge in [0, 0.05) is 5.56 Å². The maximum atomic E-state index is 12.3. The smallest absolute Gasteiger partial charge is 0.280 e. The molecule has 0 aliphatic carbocycles. The second kappa shape index (κ2) is 9.65. The fourth-order valence-electron chi connectivity index (χ4n) is 2.94. The van der Waals surface area contributed by atoms with Gasteiger partial charge in [-0.3, -0.25) is 4.79 Å². The van der Waals surface area contributed by atoms with Gasteiger partial charge in [-0.1, -0.05) is 30.3 Å². The molecular weight excluding hydrogens is 384 g/mol. The summed E-state index contributed by atoms with van der Waals surface area (Å²) in [5.41, 5.74) is 3.16. The van der Waals surface area contributed by atoms with Crippen LogP contribution in [0.3, 0.4) is 0 Å². The number of carbonyl (C=O) groups excluding carboxylic acids is 1. The molecule has 3 aromatic carbocycles. The highest BCUT2D eigenvalue weighted by molar-refractivity contribution is 5.86. The van der Waals surface area contributed by atoms with Crippen molar-refractivity contribution in [1.29, 1.82) is 0 Å². The van der Waals surface area contributed by atoms with E-state index in [4.69, 9.17) is 18.9 Å². The van der Waals surface area contributed by atoms with Crippen LogP contribution in [-0.2, 0) is 4.79 Å². The third kappa shape index (κ3) is 4.81. The number of nitrogens with zero attached hydrogens (tertiary/aromatic N) is 1. The summed E-state index contributed by atoms with van der Waals surface area (Å²) < 4.78 is 21.7. The number of hydrogen-bond acceptors (Lipinski definition) is 6. The Morgan fingerprint density at radius 2 is 1.60 bits per heavy atom. The molecule has 0 aliphatic heterocycles. The molecule has 3 aromatic rings. The summed E-state index contributed by atoms with van der Waals surface area (Å²) in [4.78, 5) is 12.3. The van der Waals surface area contributed by atoms with E-state index in [1.165, 1.54) is 27.5 Å². The minimum Gasteiger partial charge on any atom is -0.493 e. The molecule has 0 saturated carbocycles. The molecule has 0 spiro atoms. The van der Waals surface area contributed by atoms with Crippen LogP contribution in [0.15, 0.2) is 59.7 Å². The first kappa shape index (κ1) is 21.0. The molecule has 0 radical (unpaired) electrons. The van der Waals surface area contributed by atoms with Crippen LogP contribution >= 0.6 is 0 Å². The maximum Gasteiger partial charge on any atom is 0.280 e. The van der Waals surface area contributed by atoms with E-state index in [1.807, 2.05) is 42.5 Å². The largest absolute Gasteiger partial charge is 0.493 e. The molecule has 1 N–H and O–H groups in total. The van der Waals surface area contributed by atoms with Crippen molar-refractivity contribution < 1.29 is 23.7 Å². The lowest BCUT2D eigenvalue weighted by Crippen LogP contribution is -2.33. The first-order valence-corrected chi connectivity index (χ1v) is 9.34. The molecule has 0 saturated heterocycles. The van der Waals surface area contributed by atoms with Gasteiger partial charge in [0.1, 0.15) is 5.75 Å². The average Bonchev–Trinajstić information content (AvgIpc) is 2.78. The molecule has 0 aromatic heterocycles. The van der Waals surface area contributed by atoms with Gasteiger partial charge < -0.3 is 18.9 Å². The van der Waals surface area contributed by atoms with Gasteiger partial charge >= 0.3 is 0 Å². The molecular formula is C23H24N2O5. The summed E-state index contributed by atoms with van der Waals surface area (Å²) in [6, 6.07) is 17.1. The Hall–Kier alpha value is -3.74. The van der Waals surface area contributed by atoms with Gasteiger partial charge in [-0.15, -0.1) is 0 Å². The van der Waals surface area contributed by atoms with Crippen molar-refractivity contribution in [2.45, 2.75) is 13.0 Å². The molecule has 1 unspecified atom stereocenters. The van der Waals surface area contributed by atoms with Crippen LogP contribution in [0.5, 0.6) is 23.0 Å². The quantitative estimate of drug-likeness (QED) is 0.453. The number of hydrazone groups is 1. The second-order valence-electron chi connectivity index (χ2n) is 6.46. The van der Waals surface area contributed by atoms with Crippen molar-refractivity contribution in [2.75, 3.05) is 21.3 Å². The zero-order valence-electron chi connectivity index (χ0n) is 17.3. The molecule has 3 rings (SSSR count). The Morgan fingerprint density at radius 1 is 0.933 bits per heavy atom. The maximum absolute atomic E-state index is 12.3. The molecule has 30 heavy (non-hydrogen) atoms. The van der Waals surface area contributed by atoms with E-state index in [-0.39, 0.29) is 5.91 Å². The van der Waals surface area contributed by atoms with Crippen LogP contribution in [0, 0.1) is 0 Å². The van der Waals surface area contributed by atoms with E-state index in [0.717, 1.165) is 10.8 Å². The van der Waals surface area contributed by atoms with Crippen molar-refractivity contribution in [3.63, 3.8) is 0 Å². The Kier molecular flexibility index (Phi) is 6.75. The zero-order valence-corrected chi connectivity index (χ0v) is 17.3. The standard InChI is InChI=1S/C23H24N2O5/c1-15(30-19-10-9-17-7-5-6-8-18(17)13-19)23(26)25-24-14-16-11-20(27-2)22(29-4)21(12-16)28-3/h5-15H,1-4H3,(H,25,26). The van der Waals surface area contributed by atoms with Gasteiger partial charge in [-0.2, -0.15) is 5.10 Å². The minimum atomic E-state index is -0.719. The van der Waals surface area contributed by atoms with Crippen LogP contribution < -0.4 is 24.4 Å². The number of amides is 1. The zero-order chi connectivity index (χ0) is 21.5. The Balaban J connectivity index is 1.64. The van der Waals surface area contributed by atoms with Gasteiger partial charge in [-0.25, -0.2) is 5.43 Å².